The summed E-state index contributed by atoms with van der Waals surface area (Å²) in [5.74, 6) is 0.881. The van der Waals surface area contributed by atoms with Gasteiger partial charge in [0.15, 0.2) is 0 Å². The van der Waals surface area contributed by atoms with E-state index in [9.17, 15) is 5.11 Å². The predicted octanol–water partition coefficient (Wildman–Crippen LogP) is 4.19. The van der Waals surface area contributed by atoms with Crippen LogP contribution >= 0.6 is 15.9 Å². The summed E-state index contributed by atoms with van der Waals surface area (Å²) in [6.07, 6.45) is 4.70. The first-order valence-corrected chi connectivity index (χ1v) is 8.78. The van der Waals surface area contributed by atoms with Crippen molar-refractivity contribution in [2.24, 2.45) is 0 Å². The van der Waals surface area contributed by atoms with E-state index in [2.05, 4.69) is 41.2 Å². The number of benzene rings is 1. The fourth-order valence-electron chi connectivity index (χ4n) is 2.82. The van der Waals surface area contributed by atoms with Crippen LogP contribution in [0.1, 0.15) is 57.6 Å². The van der Waals surface area contributed by atoms with E-state index in [1.807, 2.05) is 12.1 Å². The van der Waals surface area contributed by atoms with Crippen molar-refractivity contribution >= 4 is 15.9 Å². The fraction of sp³-hybridized carbons (Fsp3) is 0.647. The zero-order chi connectivity index (χ0) is 15.2. The Morgan fingerprint density at radius 3 is 2.86 bits per heavy atom. The lowest BCUT2D eigenvalue weighted by molar-refractivity contribution is 0.00615. The zero-order valence-electron chi connectivity index (χ0n) is 12.9. The molecule has 3 atom stereocenters. The van der Waals surface area contributed by atoms with Gasteiger partial charge in [-0.3, -0.25) is 0 Å². The second-order valence-corrected chi connectivity index (χ2v) is 6.78. The van der Waals surface area contributed by atoms with Crippen LogP contribution in [-0.2, 0) is 0 Å². The van der Waals surface area contributed by atoms with Crippen molar-refractivity contribution in [2.45, 2.75) is 64.2 Å². The van der Waals surface area contributed by atoms with Crippen molar-refractivity contribution in [3.05, 3.63) is 28.2 Å². The minimum Gasteiger partial charge on any atom is -0.487 e. The molecular formula is C17H26BrNO2. The van der Waals surface area contributed by atoms with Crippen molar-refractivity contribution in [1.82, 2.24) is 5.32 Å². The molecular weight excluding hydrogens is 330 g/mol. The Labute approximate surface area is 136 Å². The highest BCUT2D eigenvalue weighted by Gasteiger charge is 2.26. The molecule has 3 unspecified atom stereocenters. The molecule has 21 heavy (non-hydrogen) atoms. The lowest BCUT2D eigenvalue weighted by atomic mass is 9.94. The molecule has 1 aromatic carbocycles. The van der Waals surface area contributed by atoms with E-state index in [4.69, 9.17) is 4.74 Å². The van der Waals surface area contributed by atoms with Crippen LogP contribution in [0, 0.1) is 0 Å². The van der Waals surface area contributed by atoms with Crippen molar-refractivity contribution in [3.8, 4) is 5.75 Å². The molecule has 0 heterocycles. The van der Waals surface area contributed by atoms with Gasteiger partial charge in [-0.2, -0.15) is 0 Å². The summed E-state index contributed by atoms with van der Waals surface area (Å²) >= 11 is 3.52. The fourth-order valence-corrected chi connectivity index (χ4v) is 3.16. The van der Waals surface area contributed by atoms with E-state index in [-0.39, 0.29) is 18.2 Å². The molecule has 2 rings (SSSR count). The van der Waals surface area contributed by atoms with Crippen molar-refractivity contribution in [2.75, 3.05) is 6.54 Å². The van der Waals surface area contributed by atoms with Gasteiger partial charge in [0, 0.05) is 16.1 Å². The van der Waals surface area contributed by atoms with Gasteiger partial charge in [-0.1, -0.05) is 35.3 Å². The Morgan fingerprint density at radius 1 is 1.38 bits per heavy atom. The van der Waals surface area contributed by atoms with E-state index in [1.165, 1.54) is 0 Å². The van der Waals surface area contributed by atoms with Crippen LogP contribution in [0.3, 0.4) is 0 Å². The number of aliphatic hydroxyl groups is 1. The van der Waals surface area contributed by atoms with E-state index in [1.54, 1.807) is 0 Å². The van der Waals surface area contributed by atoms with Gasteiger partial charge in [-0.15, -0.1) is 0 Å². The van der Waals surface area contributed by atoms with Gasteiger partial charge in [0.05, 0.1) is 6.10 Å². The first-order valence-electron chi connectivity index (χ1n) is 7.99. The molecule has 0 amide bonds. The topological polar surface area (TPSA) is 41.5 Å². The van der Waals surface area contributed by atoms with Crippen molar-refractivity contribution < 1.29 is 9.84 Å². The summed E-state index contributed by atoms with van der Waals surface area (Å²) in [4.78, 5) is 0. The molecule has 1 aliphatic rings. The average Bonchev–Trinajstić information content (AvgIpc) is 2.47. The van der Waals surface area contributed by atoms with E-state index in [0.717, 1.165) is 54.4 Å². The molecule has 118 valence electrons. The van der Waals surface area contributed by atoms with Gasteiger partial charge in [0.2, 0.25) is 0 Å². The Kier molecular flexibility index (Phi) is 6.52. The van der Waals surface area contributed by atoms with Crippen LogP contribution in [0.25, 0.3) is 0 Å². The number of hydrogen-bond donors (Lipinski definition) is 2. The maximum absolute atomic E-state index is 10.1. The van der Waals surface area contributed by atoms with Crippen LogP contribution in [-0.4, -0.2) is 23.9 Å². The highest BCUT2D eigenvalue weighted by atomic mass is 79.9. The summed E-state index contributed by atoms with van der Waals surface area (Å²) in [5, 5.41) is 13.6. The second-order valence-electron chi connectivity index (χ2n) is 5.87. The molecule has 0 radical (unpaired) electrons. The Morgan fingerprint density at radius 2 is 2.14 bits per heavy atom. The summed E-state index contributed by atoms with van der Waals surface area (Å²) in [5.41, 5.74) is 1.16. The molecule has 1 fully saturated rings. The van der Waals surface area contributed by atoms with Crippen LogP contribution in [0.2, 0.25) is 0 Å². The van der Waals surface area contributed by atoms with E-state index < -0.39 is 0 Å². The molecule has 1 saturated carbocycles. The van der Waals surface area contributed by atoms with E-state index >= 15 is 0 Å². The first kappa shape index (κ1) is 16.8. The van der Waals surface area contributed by atoms with Gasteiger partial charge in [0.25, 0.3) is 0 Å². The third-order valence-electron chi connectivity index (χ3n) is 4.09. The molecule has 1 aromatic rings. The Bertz CT molecular complexity index is 452. The van der Waals surface area contributed by atoms with Crippen molar-refractivity contribution in [3.63, 3.8) is 0 Å². The smallest absolute Gasteiger partial charge is 0.125 e. The van der Waals surface area contributed by atoms with Gasteiger partial charge < -0.3 is 15.2 Å². The molecule has 1 aliphatic carbocycles. The van der Waals surface area contributed by atoms with Gasteiger partial charge in [0.1, 0.15) is 11.9 Å². The van der Waals surface area contributed by atoms with Gasteiger partial charge >= 0.3 is 0 Å². The third-order valence-corrected chi connectivity index (χ3v) is 4.58. The van der Waals surface area contributed by atoms with Crippen molar-refractivity contribution in [1.29, 1.82) is 0 Å². The summed E-state index contributed by atoms with van der Waals surface area (Å²) in [6.45, 7) is 5.31. The van der Waals surface area contributed by atoms with E-state index in [0.29, 0.717) is 0 Å². The maximum atomic E-state index is 10.1. The minimum atomic E-state index is -0.343. The van der Waals surface area contributed by atoms with Gasteiger partial charge in [-0.05, 0) is 51.3 Å². The van der Waals surface area contributed by atoms with Crippen LogP contribution in [0.5, 0.6) is 5.75 Å². The highest BCUT2D eigenvalue weighted by Crippen LogP contribution is 2.32. The number of aliphatic hydroxyl groups excluding tert-OH is 1. The molecule has 2 N–H and O–H groups in total. The average molecular weight is 356 g/mol. The number of ether oxygens (including phenoxy) is 1. The molecule has 0 bridgehead atoms. The number of rotatable bonds is 6. The van der Waals surface area contributed by atoms with Gasteiger partial charge in [-0.25, -0.2) is 0 Å². The van der Waals surface area contributed by atoms with Crippen LogP contribution in [0.4, 0.5) is 0 Å². The number of nitrogens with one attached hydrogen (secondary N) is 1. The first-order chi connectivity index (χ1) is 10.1. The molecule has 0 spiro atoms. The normalized spacial score (nSPS) is 23.8. The van der Waals surface area contributed by atoms with Crippen LogP contribution in [0.15, 0.2) is 22.7 Å². The monoisotopic (exact) mass is 355 g/mol. The predicted molar refractivity (Wildman–Crippen MR) is 89.7 cm³/mol. The summed E-state index contributed by atoms with van der Waals surface area (Å²) < 4.78 is 7.17. The Balaban J connectivity index is 2.14. The summed E-state index contributed by atoms with van der Waals surface area (Å²) in [7, 11) is 0. The highest BCUT2D eigenvalue weighted by molar-refractivity contribution is 9.10. The summed E-state index contributed by atoms with van der Waals surface area (Å²) in [6, 6.07) is 6.40. The lowest BCUT2D eigenvalue weighted by Crippen LogP contribution is -2.35. The molecule has 0 aliphatic heterocycles. The standard InChI is InChI=1S/C17H26BrNO2/c1-3-10-19-12(2)14-9-8-13(18)11-17(14)21-16-7-5-4-6-15(16)20/h8-9,11-12,15-16,19-20H,3-7,10H2,1-2H3. The molecule has 4 heteroatoms. The SMILES string of the molecule is CCCNC(C)c1ccc(Br)cc1OC1CCCCC1O. The van der Waals surface area contributed by atoms with Crippen LogP contribution < -0.4 is 10.1 Å². The largest absolute Gasteiger partial charge is 0.487 e. The number of halogens is 1. The number of hydrogen-bond acceptors (Lipinski definition) is 3. The third kappa shape index (κ3) is 4.70. The lowest BCUT2D eigenvalue weighted by Gasteiger charge is -2.30. The maximum Gasteiger partial charge on any atom is 0.125 e. The molecule has 0 aromatic heterocycles. The minimum absolute atomic E-state index is 0.0785. The zero-order valence-corrected chi connectivity index (χ0v) is 14.5. The molecule has 3 nitrogen and oxygen atoms in total. The Hall–Kier alpha value is -0.580. The quantitative estimate of drug-likeness (QED) is 0.803. The second kappa shape index (κ2) is 8.16. The molecule has 0 saturated heterocycles.